The van der Waals surface area contributed by atoms with Crippen molar-refractivity contribution in [1.29, 1.82) is 0 Å². The largest absolute Gasteiger partial charge is 0.356 e. The van der Waals surface area contributed by atoms with E-state index in [1.807, 2.05) is 24.4 Å². The molecule has 1 aromatic carbocycles. The Labute approximate surface area is 171 Å². The van der Waals surface area contributed by atoms with Gasteiger partial charge in [-0.15, -0.1) is 24.0 Å². The Morgan fingerprint density at radius 3 is 2.68 bits per heavy atom. The van der Waals surface area contributed by atoms with Gasteiger partial charge in [-0.25, -0.2) is 0 Å². The minimum Gasteiger partial charge on any atom is -0.356 e. The van der Waals surface area contributed by atoms with Crippen LogP contribution in [0.5, 0.6) is 0 Å². The second-order valence-corrected chi connectivity index (χ2v) is 6.77. The summed E-state index contributed by atoms with van der Waals surface area (Å²) in [6.45, 7) is 3.59. The zero-order valence-corrected chi connectivity index (χ0v) is 17.6. The Kier molecular flexibility index (Phi) is 7.07. The fourth-order valence-electron chi connectivity index (χ4n) is 2.88. The molecule has 0 saturated heterocycles. The van der Waals surface area contributed by atoms with Crippen LogP contribution in [0.2, 0.25) is 5.02 Å². The molecule has 6 heteroatoms. The van der Waals surface area contributed by atoms with E-state index in [9.17, 15) is 0 Å². The van der Waals surface area contributed by atoms with Crippen molar-refractivity contribution in [2.45, 2.75) is 31.7 Å². The van der Waals surface area contributed by atoms with Gasteiger partial charge in [-0.2, -0.15) is 0 Å². The summed E-state index contributed by atoms with van der Waals surface area (Å²) >= 11 is 6.14. The Balaban J connectivity index is 0.00000225. The van der Waals surface area contributed by atoms with Crippen molar-refractivity contribution in [3.63, 3.8) is 0 Å². The highest BCUT2D eigenvalue weighted by Gasteiger charge is 2.44. The smallest absolute Gasteiger partial charge is 0.191 e. The molecular formula is C19H24ClIN4. The topological polar surface area (TPSA) is 49.3 Å². The Morgan fingerprint density at radius 2 is 2.04 bits per heavy atom. The van der Waals surface area contributed by atoms with Crippen LogP contribution in [0.1, 0.15) is 29.7 Å². The van der Waals surface area contributed by atoms with Crippen LogP contribution in [-0.4, -0.2) is 24.5 Å². The van der Waals surface area contributed by atoms with Crippen LogP contribution in [0.15, 0.2) is 47.6 Å². The molecule has 1 saturated carbocycles. The average molecular weight is 471 g/mol. The van der Waals surface area contributed by atoms with Crippen molar-refractivity contribution in [3.8, 4) is 0 Å². The van der Waals surface area contributed by atoms with Gasteiger partial charge >= 0.3 is 0 Å². The molecule has 1 aliphatic carbocycles. The number of aliphatic imine (C=N–C) groups is 1. The summed E-state index contributed by atoms with van der Waals surface area (Å²) in [5.41, 5.74) is 3.71. The number of pyridine rings is 1. The average Bonchev–Trinajstić information content (AvgIpc) is 3.38. The number of guanidine groups is 1. The molecule has 1 fully saturated rings. The third-order valence-corrected chi connectivity index (χ3v) is 4.88. The Hall–Kier alpha value is -1.34. The predicted molar refractivity (Wildman–Crippen MR) is 115 cm³/mol. The molecule has 2 aromatic rings. The van der Waals surface area contributed by atoms with Crippen molar-refractivity contribution in [2.75, 3.05) is 13.6 Å². The van der Waals surface area contributed by atoms with Crippen molar-refractivity contribution in [1.82, 2.24) is 15.6 Å². The van der Waals surface area contributed by atoms with Gasteiger partial charge in [-0.3, -0.25) is 9.98 Å². The zero-order valence-electron chi connectivity index (χ0n) is 14.6. The first kappa shape index (κ1) is 20.0. The van der Waals surface area contributed by atoms with Crippen LogP contribution < -0.4 is 10.6 Å². The maximum atomic E-state index is 6.14. The van der Waals surface area contributed by atoms with Crippen LogP contribution in [-0.2, 0) is 12.0 Å². The van der Waals surface area contributed by atoms with E-state index in [2.05, 4.69) is 45.7 Å². The van der Waals surface area contributed by atoms with E-state index >= 15 is 0 Å². The van der Waals surface area contributed by atoms with Gasteiger partial charge in [0.25, 0.3) is 0 Å². The summed E-state index contributed by atoms with van der Waals surface area (Å²) in [7, 11) is 1.79. The molecule has 0 bridgehead atoms. The summed E-state index contributed by atoms with van der Waals surface area (Å²) in [6.07, 6.45) is 4.17. The van der Waals surface area contributed by atoms with Gasteiger partial charge in [0.1, 0.15) is 0 Å². The van der Waals surface area contributed by atoms with Crippen LogP contribution in [0.4, 0.5) is 0 Å². The van der Waals surface area contributed by atoms with E-state index in [1.165, 1.54) is 24.0 Å². The highest BCUT2D eigenvalue weighted by molar-refractivity contribution is 14.0. The van der Waals surface area contributed by atoms with Crippen LogP contribution in [0.25, 0.3) is 0 Å². The van der Waals surface area contributed by atoms with Gasteiger partial charge in [0, 0.05) is 30.2 Å². The van der Waals surface area contributed by atoms with E-state index in [-0.39, 0.29) is 29.4 Å². The number of rotatable bonds is 5. The molecule has 2 N–H and O–H groups in total. The number of benzene rings is 1. The molecule has 1 aliphatic rings. The summed E-state index contributed by atoms with van der Waals surface area (Å²) in [4.78, 5) is 8.72. The molecule has 0 unspecified atom stereocenters. The molecule has 1 heterocycles. The van der Waals surface area contributed by atoms with Gasteiger partial charge in [-0.05, 0) is 49.1 Å². The van der Waals surface area contributed by atoms with E-state index in [1.54, 1.807) is 7.05 Å². The molecule has 0 amide bonds. The number of hydrogen-bond acceptors (Lipinski definition) is 2. The van der Waals surface area contributed by atoms with E-state index < -0.39 is 0 Å². The predicted octanol–water partition coefficient (Wildman–Crippen LogP) is 4.06. The lowest BCUT2D eigenvalue weighted by Crippen LogP contribution is -2.41. The third kappa shape index (κ3) is 5.07. The SMILES string of the molecule is CN=C(NCc1ncccc1C)NCC1(c2cccc(Cl)c2)CC1.I. The van der Waals surface area contributed by atoms with Gasteiger partial charge in [0.15, 0.2) is 5.96 Å². The highest BCUT2D eigenvalue weighted by Crippen LogP contribution is 2.48. The lowest BCUT2D eigenvalue weighted by molar-refractivity contribution is 0.644. The standard InChI is InChI=1S/C19H23ClN4.HI/c1-14-5-4-10-22-17(14)12-23-18(21-2)24-13-19(8-9-19)15-6-3-7-16(20)11-15;/h3-7,10-11H,8-9,12-13H2,1-2H3,(H2,21,23,24);1H. The molecular weight excluding hydrogens is 447 g/mol. The first-order chi connectivity index (χ1) is 11.6. The van der Waals surface area contributed by atoms with Gasteiger partial charge < -0.3 is 10.6 Å². The van der Waals surface area contributed by atoms with Crippen LogP contribution in [0.3, 0.4) is 0 Å². The van der Waals surface area contributed by atoms with Crippen LogP contribution >= 0.6 is 35.6 Å². The molecule has 134 valence electrons. The normalized spacial score (nSPS) is 15.2. The van der Waals surface area contributed by atoms with Gasteiger partial charge in [0.2, 0.25) is 0 Å². The molecule has 0 spiro atoms. The van der Waals surface area contributed by atoms with Crippen LogP contribution in [0, 0.1) is 6.92 Å². The minimum atomic E-state index is 0. The Bertz CT molecular complexity index is 744. The lowest BCUT2D eigenvalue weighted by Gasteiger charge is -2.19. The Morgan fingerprint density at radius 1 is 1.24 bits per heavy atom. The summed E-state index contributed by atoms with van der Waals surface area (Å²) in [5, 5.41) is 7.59. The van der Waals surface area contributed by atoms with Crippen molar-refractivity contribution in [3.05, 3.63) is 64.4 Å². The molecule has 3 rings (SSSR count). The highest BCUT2D eigenvalue weighted by atomic mass is 127. The van der Waals surface area contributed by atoms with E-state index in [0.29, 0.717) is 6.54 Å². The monoisotopic (exact) mass is 470 g/mol. The molecule has 0 atom stereocenters. The number of halogens is 2. The zero-order chi connectivity index (χ0) is 17.0. The lowest BCUT2D eigenvalue weighted by atomic mass is 9.96. The number of hydrogen-bond donors (Lipinski definition) is 2. The first-order valence-electron chi connectivity index (χ1n) is 8.24. The maximum Gasteiger partial charge on any atom is 0.191 e. The summed E-state index contributed by atoms with van der Waals surface area (Å²) in [5.74, 6) is 0.799. The second-order valence-electron chi connectivity index (χ2n) is 6.34. The quantitative estimate of drug-likeness (QED) is 0.394. The number of aryl methyl sites for hydroxylation is 1. The van der Waals surface area contributed by atoms with Crippen molar-refractivity contribution in [2.24, 2.45) is 4.99 Å². The summed E-state index contributed by atoms with van der Waals surface area (Å²) < 4.78 is 0. The molecule has 1 aromatic heterocycles. The minimum absolute atomic E-state index is 0. The second kappa shape index (κ2) is 8.85. The van der Waals surface area contributed by atoms with Gasteiger partial charge in [0.05, 0.1) is 12.2 Å². The molecule has 25 heavy (non-hydrogen) atoms. The molecule has 0 aliphatic heterocycles. The third-order valence-electron chi connectivity index (χ3n) is 4.65. The fraction of sp³-hybridized carbons (Fsp3) is 0.368. The van der Waals surface area contributed by atoms with Crippen molar-refractivity contribution >= 4 is 41.5 Å². The number of nitrogens with one attached hydrogen (secondary N) is 2. The van der Waals surface area contributed by atoms with Gasteiger partial charge in [-0.1, -0.05) is 29.8 Å². The fourth-order valence-corrected chi connectivity index (χ4v) is 3.07. The number of nitrogens with zero attached hydrogens (tertiary/aromatic N) is 2. The van der Waals surface area contributed by atoms with Crippen molar-refractivity contribution < 1.29 is 0 Å². The molecule has 4 nitrogen and oxygen atoms in total. The van der Waals surface area contributed by atoms with E-state index in [0.717, 1.165) is 23.2 Å². The molecule has 0 radical (unpaired) electrons. The van der Waals surface area contributed by atoms with E-state index in [4.69, 9.17) is 11.6 Å². The summed E-state index contributed by atoms with van der Waals surface area (Å²) in [6, 6.07) is 12.2. The maximum absolute atomic E-state index is 6.14. The number of aromatic nitrogens is 1. The first-order valence-corrected chi connectivity index (χ1v) is 8.62.